The molecule has 0 saturated heterocycles. The quantitative estimate of drug-likeness (QED) is 0.471. The number of hydrogen-bond donors (Lipinski definition) is 2. The molecule has 2 N–H and O–H groups in total. The third kappa shape index (κ3) is 5.41. The van der Waals surface area contributed by atoms with Crippen molar-refractivity contribution in [3.8, 4) is 23.3 Å². The standard InChI is InChI=1S/C25H24FN5O4/c1-31(25(33)30-15-4-5-15)21-7-6-16(12-19(21)26)35-22-8-11-28-20-14-23(34-2)18(13-17(20)22)24(32)29-10-3-9-27/h6-8,11-15H,3-5,10H2,1-2H3,(H,29,32)(H,30,33). The molecule has 0 atom stereocenters. The van der Waals surface area contributed by atoms with Gasteiger partial charge in [-0.1, -0.05) is 0 Å². The van der Waals surface area contributed by atoms with Crippen LogP contribution in [-0.2, 0) is 0 Å². The van der Waals surface area contributed by atoms with E-state index < -0.39 is 11.7 Å². The van der Waals surface area contributed by atoms with Crippen LogP contribution in [-0.4, -0.2) is 43.7 Å². The van der Waals surface area contributed by atoms with E-state index in [-0.39, 0.29) is 42.0 Å². The zero-order valence-corrected chi connectivity index (χ0v) is 19.3. The number of halogens is 1. The molecule has 9 nitrogen and oxygen atoms in total. The van der Waals surface area contributed by atoms with E-state index in [4.69, 9.17) is 14.7 Å². The van der Waals surface area contributed by atoms with Crippen molar-refractivity contribution in [3.63, 3.8) is 0 Å². The summed E-state index contributed by atoms with van der Waals surface area (Å²) in [6.45, 7) is 0.200. The van der Waals surface area contributed by atoms with Gasteiger partial charge in [0.25, 0.3) is 5.91 Å². The molecule has 1 aromatic heterocycles. The minimum atomic E-state index is -0.617. The van der Waals surface area contributed by atoms with Crippen molar-refractivity contribution in [2.24, 2.45) is 0 Å². The number of fused-ring (bicyclic) bond motifs is 1. The van der Waals surface area contributed by atoms with E-state index in [1.54, 1.807) is 24.3 Å². The van der Waals surface area contributed by atoms with E-state index in [1.165, 1.54) is 37.4 Å². The van der Waals surface area contributed by atoms with E-state index in [1.807, 2.05) is 6.07 Å². The zero-order chi connectivity index (χ0) is 24.9. The van der Waals surface area contributed by atoms with Crippen molar-refractivity contribution in [1.82, 2.24) is 15.6 Å². The Kier molecular flexibility index (Phi) is 6.96. The summed E-state index contributed by atoms with van der Waals surface area (Å²) < 4.78 is 26.1. The fraction of sp³-hybridized carbons (Fsp3) is 0.280. The number of nitrogens with zero attached hydrogens (tertiary/aromatic N) is 3. The van der Waals surface area contributed by atoms with Crippen LogP contribution in [0.2, 0.25) is 0 Å². The lowest BCUT2D eigenvalue weighted by atomic mass is 10.1. The van der Waals surface area contributed by atoms with Crippen molar-refractivity contribution in [2.45, 2.75) is 25.3 Å². The highest BCUT2D eigenvalue weighted by molar-refractivity contribution is 6.02. The Balaban J connectivity index is 1.60. The molecular formula is C25H24FN5O4. The van der Waals surface area contributed by atoms with Crippen LogP contribution < -0.4 is 25.0 Å². The summed E-state index contributed by atoms with van der Waals surface area (Å²) >= 11 is 0. The minimum absolute atomic E-state index is 0.121. The van der Waals surface area contributed by atoms with Gasteiger partial charge in [-0.05, 0) is 37.1 Å². The first-order valence-corrected chi connectivity index (χ1v) is 11.0. The van der Waals surface area contributed by atoms with Crippen molar-refractivity contribution < 1.29 is 23.5 Å². The average Bonchev–Trinajstić information content (AvgIpc) is 3.67. The molecule has 1 aliphatic rings. The molecule has 1 saturated carbocycles. The van der Waals surface area contributed by atoms with Crippen LogP contribution in [0, 0.1) is 17.1 Å². The molecule has 0 spiro atoms. The Labute approximate surface area is 201 Å². The van der Waals surface area contributed by atoms with Crippen LogP contribution in [0.3, 0.4) is 0 Å². The zero-order valence-electron chi connectivity index (χ0n) is 19.3. The number of methoxy groups -OCH3 is 1. The predicted octanol–water partition coefficient (Wildman–Crippen LogP) is 4.13. The molecular weight excluding hydrogens is 453 g/mol. The van der Waals surface area contributed by atoms with Gasteiger partial charge in [-0.25, -0.2) is 9.18 Å². The molecule has 1 fully saturated rings. The smallest absolute Gasteiger partial charge is 0.321 e. The molecule has 3 aromatic rings. The molecule has 3 amide bonds. The second-order valence-corrected chi connectivity index (χ2v) is 8.04. The van der Waals surface area contributed by atoms with E-state index in [0.717, 1.165) is 12.8 Å². The maximum absolute atomic E-state index is 14.8. The van der Waals surface area contributed by atoms with Crippen LogP contribution in [0.1, 0.15) is 29.6 Å². The highest BCUT2D eigenvalue weighted by atomic mass is 19.1. The maximum Gasteiger partial charge on any atom is 0.321 e. The van der Waals surface area contributed by atoms with Crippen molar-refractivity contribution in [3.05, 3.63) is 54.0 Å². The normalized spacial score (nSPS) is 12.5. The van der Waals surface area contributed by atoms with Crippen molar-refractivity contribution in [1.29, 1.82) is 5.26 Å². The molecule has 2 aromatic carbocycles. The third-order valence-electron chi connectivity index (χ3n) is 5.51. The molecule has 0 radical (unpaired) electrons. The molecule has 1 aliphatic carbocycles. The van der Waals surface area contributed by atoms with E-state index >= 15 is 0 Å². The van der Waals surface area contributed by atoms with Crippen LogP contribution in [0.15, 0.2) is 42.6 Å². The topological polar surface area (TPSA) is 117 Å². The number of hydrogen-bond acceptors (Lipinski definition) is 6. The largest absolute Gasteiger partial charge is 0.496 e. The van der Waals surface area contributed by atoms with Crippen molar-refractivity contribution in [2.75, 3.05) is 25.6 Å². The SMILES string of the molecule is COc1cc2nccc(Oc3ccc(N(C)C(=O)NC4CC4)c(F)c3)c2cc1C(=O)NCCC#N. The molecule has 0 unspecified atom stereocenters. The van der Waals surface area contributed by atoms with Crippen molar-refractivity contribution >= 4 is 28.5 Å². The summed E-state index contributed by atoms with van der Waals surface area (Å²) in [5.41, 5.74) is 0.887. The second kappa shape index (κ2) is 10.3. The number of rotatable bonds is 8. The second-order valence-electron chi connectivity index (χ2n) is 8.04. The third-order valence-corrected chi connectivity index (χ3v) is 5.51. The lowest BCUT2D eigenvalue weighted by molar-refractivity contribution is 0.0951. The maximum atomic E-state index is 14.8. The molecule has 180 valence electrons. The Morgan fingerprint density at radius 2 is 2.03 bits per heavy atom. The lowest BCUT2D eigenvalue weighted by Crippen LogP contribution is -2.38. The number of aromatic nitrogens is 1. The van der Waals surface area contributed by atoms with E-state index in [2.05, 4.69) is 15.6 Å². The Morgan fingerprint density at radius 3 is 2.71 bits per heavy atom. The van der Waals surface area contributed by atoms with Gasteiger partial charge in [0.15, 0.2) is 5.82 Å². The number of nitriles is 1. The summed E-state index contributed by atoms with van der Waals surface area (Å²) in [5, 5.41) is 14.7. The highest BCUT2D eigenvalue weighted by Crippen LogP contribution is 2.34. The van der Waals surface area contributed by atoms with E-state index in [9.17, 15) is 14.0 Å². The number of amides is 3. The molecule has 0 aliphatic heterocycles. The molecule has 10 heteroatoms. The Morgan fingerprint density at radius 1 is 1.23 bits per heavy atom. The van der Waals surface area contributed by atoms with Gasteiger partial charge in [0.2, 0.25) is 0 Å². The fourth-order valence-electron chi connectivity index (χ4n) is 3.47. The first kappa shape index (κ1) is 23.8. The molecule has 0 bridgehead atoms. The van der Waals surface area contributed by atoms with Gasteiger partial charge < -0.3 is 20.1 Å². The van der Waals surface area contributed by atoms with Gasteiger partial charge >= 0.3 is 6.03 Å². The summed E-state index contributed by atoms with van der Waals surface area (Å²) in [7, 11) is 2.95. The summed E-state index contributed by atoms with van der Waals surface area (Å²) in [5.74, 6) is -0.133. The van der Waals surface area contributed by atoms with Gasteiger partial charge in [0.1, 0.15) is 17.2 Å². The van der Waals surface area contributed by atoms with Crippen LogP contribution in [0.5, 0.6) is 17.2 Å². The predicted molar refractivity (Wildman–Crippen MR) is 127 cm³/mol. The fourth-order valence-corrected chi connectivity index (χ4v) is 3.47. The Hall–Kier alpha value is -4.39. The first-order chi connectivity index (χ1) is 16.9. The van der Waals surface area contributed by atoms with Crippen LogP contribution in [0.25, 0.3) is 10.9 Å². The Bertz CT molecular complexity index is 1320. The number of carbonyl (C=O) groups is 2. The van der Waals surface area contributed by atoms with E-state index in [0.29, 0.717) is 22.4 Å². The number of nitrogens with one attached hydrogen (secondary N) is 2. The highest BCUT2D eigenvalue weighted by Gasteiger charge is 2.26. The number of urea groups is 1. The van der Waals surface area contributed by atoms with Gasteiger partial charge in [-0.3, -0.25) is 14.7 Å². The number of pyridine rings is 1. The summed E-state index contributed by atoms with van der Waals surface area (Å²) in [6, 6.07) is 10.8. The molecule has 1 heterocycles. The van der Waals surface area contributed by atoms with Gasteiger partial charge in [-0.2, -0.15) is 5.26 Å². The number of carbonyl (C=O) groups excluding carboxylic acids is 2. The number of ether oxygens (including phenoxy) is 2. The van der Waals surface area contributed by atoms with Crippen LogP contribution >= 0.6 is 0 Å². The van der Waals surface area contributed by atoms with Gasteiger partial charge in [0.05, 0.1) is 36.4 Å². The monoisotopic (exact) mass is 477 g/mol. The summed E-state index contributed by atoms with van der Waals surface area (Å²) in [4.78, 5) is 30.4. The minimum Gasteiger partial charge on any atom is -0.496 e. The average molecular weight is 477 g/mol. The molecule has 4 rings (SSSR count). The first-order valence-electron chi connectivity index (χ1n) is 11.0. The number of benzene rings is 2. The van der Waals surface area contributed by atoms with Gasteiger partial charge in [-0.15, -0.1) is 0 Å². The van der Waals surface area contributed by atoms with Gasteiger partial charge in [0, 0.05) is 43.4 Å². The van der Waals surface area contributed by atoms with Crippen LogP contribution in [0.4, 0.5) is 14.9 Å². The number of anilines is 1. The lowest BCUT2D eigenvalue weighted by Gasteiger charge is -2.19. The molecule has 35 heavy (non-hydrogen) atoms. The summed E-state index contributed by atoms with van der Waals surface area (Å²) in [6.07, 6.45) is 3.58.